The number of nitrogens with zero attached hydrogens (tertiary/aromatic N) is 3. The summed E-state index contributed by atoms with van der Waals surface area (Å²) >= 11 is 5.85. The van der Waals surface area contributed by atoms with Crippen molar-refractivity contribution in [1.82, 2.24) is 15.0 Å². The SMILES string of the molecule is CCOc1nc(Cl)nc(NC2CCC(C)(C)C2)n1. The Kier molecular flexibility index (Phi) is 3.90. The summed E-state index contributed by atoms with van der Waals surface area (Å²) in [5.41, 5.74) is 0.386. The van der Waals surface area contributed by atoms with Crippen molar-refractivity contribution in [2.75, 3.05) is 11.9 Å². The van der Waals surface area contributed by atoms with E-state index in [1.165, 1.54) is 6.42 Å². The van der Waals surface area contributed by atoms with Crippen LogP contribution in [0.1, 0.15) is 40.0 Å². The number of ether oxygens (including phenoxy) is 1. The lowest BCUT2D eigenvalue weighted by molar-refractivity contribution is 0.311. The van der Waals surface area contributed by atoms with Crippen LogP contribution in [0.5, 0.6) is 6.01 Å². The van der Waals surface area contributed by atoms with Crippen molar-refractivity contribution in [3.8, 4) is 6.01 Å². The maximum atomic E-state index is 5.85. The van der Waals surface area contributed by atoms with Gasteiger partial charge < -0.3 is 10.1 Å². The molecule has 1 fully saturated rings. The summed E-state index contributed by atoms with van der Waals surface area (Å²) in [5.74, 6) is 0.501. The van der Waals surface area contributed by atoms with Gasteiger partial charge in [-0.05, 0) is 43.2 Å². The number of nitrogens with one attached hydrogen (secondary N) is 1. The highest BCUT2D eigenvalue weighted by Gasteiger charge is 2.31. The largest absolute Gasteiger partial charge is 0.464 e. The zero-order chi connectivity index (χ0) is 13.2. The summed E-state index contributed by atoms with van der Waals surface area (Å²) in [6.07, 6.45) is 3.45. The molecule has 1 N–H and O–H groups in total. The van der Waals surface area contributed by atoms with Gasteiger partial charge in [0.15, 0.2) is 0 Å². The van der Waals surface area contributed by atoms with Gasteiger partial charge in [0.2, 0.25) is 11.2 Å². The summed E-state index contributed by atoms with van der Waals surface area (Å²) in [5, 5.41) is 3.47. The van der Waals surface area contributed by atoms with Crippen molar-refractivity contribution < 1.29 is 4.74 Å². The number of hydrogen-bond donors (Lipinski definition) is 1. The summed E-state index contributed by atoms with van der Waals surface area (Å²) in [7, 11) is 0. The minimum atomic E-state index is 0.160. The number of hydrogen-bond acceptors (Lipinski definition) is 5. The third-order valence-corrected chi connectivity index (χ3v) is 3.33. The summed E-state index contributed by atoms with van der Waals surface area (Å²) in [6.45, 7) is 6.95. The smallest absolute Gasteiger partial charge is 0.322 e. The van der Waals surface area contributed by atoms with Crippen molar-refractivity contribution in [3.05, 3.63) is 5.28 Å². The monoisotopic (exact) mass is 270 g/mol. The third kappa shape index (κ3) is 3.45. The van der Waals surface area contributed by atoms with E-state index in [1.54, 1.807) is 0 Å². The molecular weight excluding hydrogens is 252 g/mol. The molecule has 100 valence electrons. The van der Waals surface area contributed by atoms with Crippen molar-refractivity contribution >= 4 is 17.5 Å². The first-order valence-corrected chi connectivity index (χ1v) is 6.67. The van der Waals surface area contributed by atoms with E-state index >= 15 is 0 Å². The van der Waals surface area contributed by atoms with E-state index in [1.807, 2.05) is 6.92 Å². The number of anilines is 1. The lowest BCUT2D eigenvalue weighted by Crippen LogP contribution is -2.19. The van der Waals surface area contributed by atoms with E-state index < -0.39 is 0 Å². The topological polar surface area (TPSA) is 59.9 Å². The van der Waals surface area contributed by atoms with Crippen LogP contribution < -0.4 is 10.1 Å². The van der Waals surface area contributed by atoms with Crippen LogP contribution in [-0.4, -0.2) is 27.6 Å². The lowest BCUT2D eigenvalue weighted by atomic mass is 9.92. The molecule has 0 radical (unpaired) electrons. The Hall–Kier alpha value is -1.10. The average molecular weight is 271 g/mol. The van der Waals surface area contributed by atoms with Gasteiger partial charge >= 0.3 is 6.01 Å². The molecule has 0 amide bonds. The first kappa shape index (κ1) is 13.3. The summed E-state index contributed by atoms with van der Waals surface area (Å²) in [6, 6.07) is 0.671. The van der Waals surface area contributed by atoms with E-state index in [-0.39, 0.29) is 11.3 Å². The zero-order valence-corrected chi connectivity index (χ0v) is 11.8. The molecule has 0 saturated heterocycles. The zero-order valence-electron chi connectivity index (χ0n) is 11.0. The minimum Gasteiger partial charge on any atom is -0.464 e. The van der Waals surface area contributed by atoms with Crippen LogP contribution in [-0.2, 0) is 0 Å². The molecular formula is C12H19ClN4O. The molecule has 1 saturated carbocycles. The fourth-order valence-electron chi connectivity index (χ4n) is 2.33. The number of halogens is 1. The predicted octanol–water partition coefficient (Wildman–Crippen LogP) is 2.91. The van der Waals surface area contributed by atoms with Crippen LogP contribution in [0.3, 0.4) is 0 Å². The second-order valence-electron chi connectivity index (χ2n) is 5.39. The summed E-state index contributed by atoms with van der Waals surface area (Å²) < 4.78 is 5.25. The molecule has 5 nitrogen and oxygen atoms in total. The van der Waals surface area contributed by atoms with Crippen molar-refractivity contribution in [2.45, 2.75) is 46.1 Å². The van der Waals surface area contributed by atoms with Gasteiger partial charge in [0.05, 0.1) is 6.61 Å². The van der Waals surface area contributed by atoms with Gasteiger partial charge in [-0.25, -0.2) is 0 Å². The maximum Gasteiger partial charge on any atom is 0.322 e. The Balaban J connectivity index is 2.05. The van der Waals surface area contributed by atoms with Crippen LogP contribution in [0, 0.1) is 5.41 Å². The summed E-state index contributed by atoms with van der Waals surface area (Å²) in [4.78, 5) is 12.2. The van der Waals surface area contributed by atoms with Gasteiger partial charge in [0, 0.05) is 6.04 Å². The van der Waals surface area contributed by atoms with Crippen LogP contribution in [0.15, 0.2) is 0 Å². The molecule has 0 spiro atoms. The standard InChI is InChI=1S/C12H19ClN4O/c1-4-18-11-16-9(13)15-10(17-11)14-8-5-6-12(2,3)7-8/h8H,4-7H2,1-3H3,(H,14,15,16,17). The molecule has 1 aromatic heterocycles. The molecule has 1 aliphatic carbocycles. The molecule has 0 aromatic carbocycles. The average Bonchev–Trinajstić information content (AvgIpc) is 2.57. The van der Waals surface area contributed by atoms with Gasteiger partial charge in [-0.2, -0.15) is 15.0 Å². The van der Waals surface area contributed by atoms with Crippen molar-refractivity contribution in [1.29, 1.82) is 0 Å². The van der Waals surface area contributed by atoms with Crippen molar-refractivity contribution in [2.24, 2.45) is 5.41 Å². The molecule has 1 atom stereocenters. The highest BCUT2D eigenvalue weighted by molar-refractivity contribution is 6.28. The molecule has 0 bridgehead atoms. The Labute approximate surface area is 112 Å². The Bertz CT molecular complexity index is 425. The first-order valence-electron chi connectivity index (χ1n) is 6.29. The van der Waals surface area contributed by atoms with Crippen LogP contribution in [0.4, 0.5) is 5.95 Å². The first-order chi connectivity index (χ1) is 8.48. The van der Waals surface area contributed by atoms with E-state index in [4.69, 9.17) is 16.3 Å². The van der Waals surface area contributed by atoms with Gasteiger partial charge in [-0.1, -0.05) is 13.8 Å². The fraction of sp³-hybridized carbons (Fsp3) is 0.750. The predicted molar refractivity (Wildman–Crippen MR) is 71.0 cm³/mol. The number of rotatable bonds is 4. The molecule has 1 unspecified atom stereocenters. The quantitative estimate of drug-likeness (QED) is 0.912. The van der Waals surface area contributed by atoms with Gasteiger partial charge in [-0.15, -0.1) is 0 Å². The molecule has 6 heteroatoms. The van der Waals surface area contributed by atoms with Crippen LogP contribution >= 0.6 is 11.6 Å². The highest BCUT2D eigenvalue weighted by atomic mass is 35.5. The molecule has 1 aromatic rings. The normalized spacial score (nSPS) is 21.9. The molecule has 1 heterocycles. The van der Waals surface area contributed by atoms with E-state index in [2.05, 4.69) is 34.1 Å². The molecule has 1 aliphatic rings. The molecule has 18 heavy (non-hydrogen) atoms. The van der Waals surface area contributed by atoms with E-state index in [0.717, 1.165) is 12.8 Å². The minimum absolute atomic E-state index is 0.160. The second kappa shape index (κ2) is 5.26. The van der Waals surface area contributed by atoms with Gasteiger partial charge in [0.1, 0.15) is 0 Å². The molecule has 2 rings (SSSR count). The van der Waals surface area contributed by atoms with Crippen molar-refractivity contribution in [3.63, 3.8) is 0 Å². The maximum absolute atomic E-state index is 5.85. The molecule has 0 aliphatic heterocycles. The van der Waals surface area contributed by atoms with E-state index in [9.17, 15) is 0 Å². The Morgan fingerprint density at radius 2 is 2.17 bits per heavy atom. The fourth-order valence-corrected chi connectivity index (χ4v) is 2.48. The Morgan fingerprint density at radius 3 is 2.78 bits per heavy atom. The second-order valence-corrected chi connectivity index (χ2v) is 5.73. The van der Waals surface area contributed by atoms with Crippen LogP contribution in [0.25, 0.3) is 0 Å². The Morgan fingerprint density at radius 1 is 1.39 bits per heavy atom. The van der Waals surface area contributed by atoms with E-state index in [0.29, 0.717) is 24.0 Å². The number of aromatic nitrogens is 3. The van der Waals surface area contributed by atoms with Gasteiger partial charge in [0.25, 0.3) is 0 Å². The van der Waals surface area contributed by atoms with Crippen LogP contribution in [0.2, 0.25) is 5.28 Å². The lowest BCUT2D eigenvalue weighted by Gasteiger charge is -2.17. The highest BCUT2D eigenvalue weighted by Crippen LogP contribution is 2.38. The van der Waals surface area contributed by atoms with Gasteiger partial charge in [-0.3, -0.25) is 0 Å². The third-order valence-electron chi connectivity index (χ3n) is 3.16.